The molecule has 2 nitrogen and oxygen atoms in total. The minimum absolute atomic E-state index is 0.0968. The lowest BCUT2D eigenvalue weighted by Crippen LogP contribution is -2.23. The zero-order valence-corrected chi connectivity index (χ0v) is 10.8. The third kappa shape index (κ3) is 2.03. The SMILES string of the molecule is COc1cc(F)c(C(=O)C2CC3CCC2C3)c(F)c1. The Bertz CT molecular complexity index is 504. The maximum absolute atomic E-state index is 13.9. The molecule has 2 saturated carbocycles. The van der Waals surface area contributed by atoms with E-state index in [9.17, 15) is 13.6 Å². The van der Waals surface area contributed by atoms with E-state index in [0.29, 0.717) is 11.8 Å². The van der Waals surface area contributed by atoms with E-state index >= 15 is 0 Å². The highest BCUT2D eigenvalue weighted by Crippen LogP contribution is 2.49. The predicted octanol–water partition coefficient (Wildman–Crippen LogP) is 3.59. The van der Waals surface area contributed by atoms with Crippen molar-refractivity contribution in [2.45, 2.75) is 25.7 Å². The van der Waals surface area contributed by atoms with Crippen LogP contribution in [0.25, 0.3) is 0 Å². The minimum atomic E-state index is -0.815. The number of rotatable bonds is 3. The summed E-state index contributed by atoms with van der Waals surface area (Å²) >= 11 is 0. The van der Waals surface area contributed by atoms with E-state index < -0.39 is 17.2 Å². The molecule has 0 aliphatic heterocycles. The fourth-order valence-electron chi connectivity index (χ4n) is 3.65. The molecule has 0 radical (unpaired) electrons. The summed E-state index contributed by atoms with van der Waals surface area (Å²) in [7, 11) is 1.34. The van der Waals surface area contributed by atoms with E-state index in [1.165, 1.54) is 7.11 Å². The van der Waals surface area contributed by atoms with Crippen molar-refractivity contribution < 1.29 is 18.3 Å². The van der Waals surface area contributed by atoms with Crippen LogP contribution in [0.5, 0.6) is 5.75 Å². The van der Waals surface area contributed by atoms with Crippen molar-refractivity contribution in [2.24, 2.45) is 17.8 Å². The number of halogens is 2. The molecule has 0 N–H and O–H groups in total. The second kappa shape index (κ2) is 4.58. The van der Waals surface area contributed by atoms with Crippen LogP contribution in [-0.2, 0) is 0 Å². The van der Waals surface area contributed by atoms with Gasteiger partial charge in [0.15, 0.2) is 5.78 Å². The van der Waals surface area contributed by atoms with Gasteiger partial charge in [-0.2, -0.15) is 0 Å². The molecular weight excluding hydrogens is 250 g/mol. The standard InChI is InChI=1S/C15H16F2O2/c1-19-10-6-12(16)14(13(17)7-10)15(18)11-5-8-2-3-9(11)4-8/h6-9,11H,2-5H2,1H3. The van der Waals surface area contributed by atoms with E-state index in [1.807, 2.05) is 0 Å². The molecule has 0 heterocycles. The molecule has 4 heteroatoms. The molecule has 1 aromatic rings. The Morgan fingerprint density at radius 2 is 1.89 bits per heavy atom. The summed E-state index contributed by atoms with van der Waals surface area (Å²) < 4.78 is 32.6. The highest BCUT2D eigenvalue weighted by Gasteiger charge is 2.44. The number of ether oxygens (including phenoxy) is 1. The van der Waals surface area contributed by atoms with Crippen LogP contribution in [0.2, 0.25) is 0 Å². The summed E-state index contributed by atoms with van der Waals surface area (Å²) in [6, 6.07) is 2.15. The first-order valence-corrected chi connectivity index (χ1v) is 6.67. The van der Waals surface area contributed by atoms with Gasteiger partial charge in [0, 0.05) is 18.1 Å². The Balaban J connectivity index is 1.92. The van der Waals surface area contributed by atoms with E-state index in [1.54, 1.807) is 0 Å². The maximum Gasteiger partial charge on any atom is 0.172 e. The van der Waals surface area contributed by atoms with Crippen molar-refractivity contribution in [1.82, 2.24) is 0 Å². The fourth-order valence-corrected chi connectivity index (χ4v) is 3.65. The van der Waals surface area contributed by atoms with Crippen LogP contribution < -0.4 is 4.74 Å². The lowest BCUT2D eigenvalue weighted by Gasteiger charge is -2.20. The lowest BCUT2D eigenvalue weighted by molar-refractivity contribution is 0.0865. The van der Waals surface area contributed by atoms with Gasteiger partial charge < -0.3 is 4.74 Å². The first-order chi connectivity index (χ1) is 9.10. The summed E-state index contributed by atoms with van der Waals surface area (Å²) in [6.45, 7) is 0. The topological polar surface area (TPSA) is 26.3 Å². The number of hydrogen-bond donors (Lipinski definition) is 0. The van der Waals surface area contributed by atoms with Crippen molar-refractivity contribution in [3.8, 4) is 5.75 Å². The number of Topliss-reactive ketones (excluding diaryl/α,β-unsaturated/α-hetero) is 1. The molecule has 19 heavy (non-hydrogen) atoms. The second-order valence-electron chi connectivity index (χ2n) is 5.61. The molecular formula is C15H16F2O2. The number of fused-ring (bicyclic) bond motifs is 2. The highest BCUT2D eigenvalue weighted by atomic mass is 19.1. The second-order valence-corrected chi connectivity index (χ2v) is 5.61. The number of ketones is 1. The quantitative estimate of drug-likeness (QED) is 0.781. The number of hydrogen-bond acceptors (Lipinski definition) is 2. The van der Waals surface area contributed by atoms with Crippen LogP contribution >= 0.6 is 0 Å². The van der Waals surface area contributed by atoms with E-state index in [4.69, 9.17) is 4.74 Å². The molecule has 0 saturated heterocycles. The molecule has 3 atom stereocenters. The fraction of sp³-hybridized carbons (Fsp3) is 0.533. The predicted molar refractivity (Wildman–Crippen MR) is 66.2 cm³/mol. The Kier molecular flexibility index (Phi) is 3.03. The third-order valence-corrected chi connectivity index (χ3v) is 4.57. The molecule has 0 spiro atoms. The Hall–Kier alpha value is -1.45. The molecule has 2 aliphatic carbocycles. The van der Waals surface area contributed by atoms with Crippen LogP contribution in [-0.4, -0.2) is 12.9 Å². The zero-order chi connectivity index (χ0) is 13.6. The monoisotopic (exact) mass is 266 g/mol. The van der Waals surface area contributed by atoms with Gasteiger partial charge >= 0.3 is 0 Å². The van der Waals surface area contributed by atoms with Gasteiger partial charge in [-0.25, -0.2) is 8.78 Å². The van der Waals surface area contributed by atoms with Crippen molar-refractivity contribution in [2.75, 3.05) is 7.11 Å². The van der Waals surface area contributed by atoms with Crippen LogP contribution in [0.4, 0.5) is 8.78 Å². The smallest absolute Gasteiger partial charge is 0.172 e. The number of carbonyl (C=O) groups excluding carboxylic acids is 1. The summed E-state index contributed by atoms with van der Waals surface area (Å²) in [4.78, 5) is 12.4. The largest absolute Gasteiger partial charge is 0.497 e. The summed E-state index contributed by atoms with van der Waals surface area (Å²) in [5, 5.41) is 0. The van der Waals surface area contributed by atoms with Gasteiger partial charge in [-0.05, 0) is 31.1 Å². The molecule has 3 unspecified atom stereocenters. The Labute approximate surface area is 110 Å². The van der Waals surface area contributed by atoms with Crippen molar-refractivity contribution in [3.63, 3.8) is 0 Å². The average molecular weight is 266 g/mol. The average Bonchev–Trinajstić information content (AvgIpc) is 2.99. The van der Waals surface area contributed by atoms with Crippen molar-refractivity contribution in [1.29, 1.82) is 0 Å². The van der Waals surface area contributed by atoms with Gasteiger partial charge in [0.25, 0.3) is 0 Å². The molecule has 102 valence electrons. The summed E-state index contributed by atoms with van der Waals surface area (Å²) in [6.07, 6.45) is 3.99. The lowest BCUT2D eigenvalue weighted by atomic mass is 9.83. The van der Waals surface area contributed by atoms with Gasteiger partial charge in [0.1, 0.15) is 17.4 Å². The van der Waals surface area contributed by atoms with Crippen molar-refractivity contribution >= 4 is 5.78 Å². The van der Waals surface area contributed by atoms with Crippen LogP contribution in [0.1, 0.15) is 36.0 Å². The van der Waals surface area contributed by atoms with Crippen LogP contribution in [0, 0.1) is 29.4 Å². The molecule has 1 aromatic carbocycles. The molecule has 0 aromatic heterocycles. The van der Waals surface area contributed by atoms with Crippen LogP contribution in [0.3, 0.4) is 0 Å². The first-order valence-electron chi connectivity index (χ1n) is 6.67. The highest BCUT2D eigenvalue weighted by molar-refractivity contribution is 5.99. The first kappa shape index (κ1) is 12.6. The van der Waals surface area contributed by atoms with E-state index in [0.717, 1.165) is 37.8 Å². The summed E-state index contributed by atoms with van der Waals surface area (Å²) in [5.41, 5.74) is -0.390. The Morgan fingerprint density at radius 3 is 2.37 bits per heavy atom. The normalized spacial score (nSPS) is 28.7. The van der Waals surface area contributed by atoms with Gasteiger partial charge in [0.05, 0.1) is 12.7 Å². The van der Waals surface area contributed by atoms with Crippen LogP contribution in [0.15, 0.2) is 12.1 Å². The maximum atomic E-state index is 13.9. The molecule has 2 aliphatic rings. The molecule has 3 rings (SSSR count). The van der Waals surface area contributed by atoms with E-state index in [2.05, 4.69) is 0 Å². The van der Waals surface area contributed by atoms with Gasteiger partial charge in [0.2, 0.25) is 0 Å². The zero-order valence-electron chi connectivity index (χ0n) is 10.8. The minimum Gasteiger partial charge on any atom is -0.497 e. The third-order valence-electron chi connectivity index (χ3n) is 4.57. The Morgan fingerprint density at radius 1 is 1.21 bits per heavy atom. The van der Waals surface area contributed by atoms with Gasteiger partial charge in [-0.3, -0.25) is 4.79 Å². The molecule has 2 bridgehead atoms. The summed E-state index contributed by atoms with van der Waals surface area (Å²) in [5.74, 6) is -1.21. The van der Waals surface area contributed by atoms with Gasteiger partial charge in [-0.15, -0.1) is 0 Å². The molecule has 0 amide bonds. The molecule has 2 fully saturated rings. The van der Waals surface area contributed by atoms with E-state index in [-0.39, 0.29) is 17.5 Å². The number of carbonyl (C=O) groups is 1. The number of methoxy groups -OCH3 is 1. The van der Waals surface area contributed by atoms with Gasteiger partial charge in [-0.1, -0.05) is 6.42 Å². The van der Waals surface area contributed by atoms with Crippen molar-refractivity contribution in [3.05, 3.63) is 29.3 Å². The number of benzene rings is 1.